The zero-order valence-corrected chi connectivity index (χ0v) is 8.05. The second-order valence-corrected chi connectivity index (χ2v) is 27.0. The van der Waals surface area contributed by atoms with Crippen LogP contribution in [0, 0.1) is 0 Å². The molecule has 3 heteroatoms. The predicted octanol–water partition coefficient (Wildman–Crippen LogP) is 2.48. The summed E-state index contributed by atoms with van der Waals surface area (Å²) in [5.41, 5.74) is 0. The summed E-state index contributed by atoms with van der Waals surface area (Å²) in [5, 5.41) is 0. The zero-order valence-electron chi connectivity index (χ0n) is 3.16. The molecule has 34 valence electrons. The van der Waals surface area contributed by atoms with Crippen LogP contribution in [0.3, 0.4) is 0 Å². The van der Waals surface area contributed by atoms with Crippen LogP contribution in [0.2, 0.25) is 11.6 Å². The molecule has 0 unspecified atom stereocenters. The van der Waals surface area contributed by atoms with Gasteiger partial charge in [-0.1, -0.05) is 0 Å². The summed E-state index contributed by atoms with van der Waals surface area (Å²) in [6.45, 7) is 0. The Balaban J connectivity index is 3.02. The third-order valence-electron chi connectivity index (χ3n) is 0. The van der Waals surface area contributed by atoms with Crippen LogP contribution in [0.15, 0.2) is 0 Å². The predicted molar refractivity (Wildman–Crippen MR) is 35.3 cm³/mol. The van der Waals surface area contributed by atoms with Crippen molar-refractivity contribution in [3.63, 3.8) is 0 Å². The van der Waals surface area contributed by atoms with Crippen molar-refractivity contribution in [1.29, 1.82) is 0 Å². The van der Waals surface area contributed by atoms with Crippen LogP contribution in [0.4, 0.5) is 0 Å². The fourth-order valence-corrected chi connectivity index (χ4v) is 0. The van der Waals surface area contributed by atoms with Crippen molar-refractivity contribution in [2.45, 2.75) is 11.6 Å². The van der Waals surface area contributed by atoms with Gasteiger partial charge in [0.15, 0.2) is 0 Å². The number of halogens is 2. The van der Waals surface area contributed by atoms with Crippen molar-refractivity contribution in [3.05, 3.63) is 0 Å². The van der Waals surface area contributed by atoms with Gasteiger partial charge in [-0.05, 0) is 0 Å². The summed E-state index contributed by atoms with van der Waals surface area (Å²) in [4.78, 5) is 0. The second kappa shape index (κ2) is 1.97. The Bertz CT molecular complexity index is 23.1. The monoisotopic (exact) mass is 268 g/mol. The Morgan fingerprint density at radius 2 is 1.20 bits per heavy atom. The first kappa shape index (κ1) is 6.48. The van der Waals surface area contributed by atoms with E-state index in [1.165, 1.54) is 0 Å². The molecule has 0 aliphatic heterocycles. The molecule has 0 radical (unpaired) electrons. The summed E-state index contributed by atoms with van der Waals surface area (Å²) in [6, 6.07) is 0. The third kappa shape index (κ3) is 30.3. The maximum atomic E-state index is 3.45. The first-order valence-corrected chi connectivity index (χ1v) is 12.6. The number of hydrogen-bond acceptors (Lipinski definition) is 0. The fraction of sp³-hybridized carbons (Fsp3) is 1.00. The van der Waals surface area contributed by atoms with Crippen LogP contribution >= 0.6 is 28.2 Å². The minimum atomic E-state index is -1.12. The molecule has 0 spiro atoms. The summed E-state index contributed by atoms with van der Waals surface area (Å²) >= 11 is 6.90. The van der Waals surface area contributed by atoms with Gasteiger partial charge in [0.1, 0.15) is 0 Å². The van der Waals surface area contributed by atoms with Crippen molar-refractivity contribution in [1.82, 2.24) is 0 Å². The van der Waals surface area contributed by atoms with E-state index in [0.717, 1.165) is 0 Å². The van der Waals surface area contributed by atoms with Crippen LogP contribution in [0.1, 0.15) is 0 Å². The van der Waals surface area contributed by atoms with E-state index < -0.39 is 9.23 Å². The summed E-state index contributed by atoms with van der Waals surface area (Å²) in [7, 11) is -1.12. The van der Waals surface area contributed by atoms with Crippen LogP contribution in [-0.4, -0.2) is 9.23 Å². The first-order valence-electron chi connectivity index (χ1n) is 1.13. The van der Waals surface area contributed by atoms with Gasteiger partial charge in [0.2, 0.25) is 0 Å². The average molecular weight is 269 g/mol. The van der Waals surface area contributed by atoms with Gasteiger partial charge in [-0.3, -0.25) is 0 Å². The molecule has 0 saturated carbocycles. The van der Waals surface area contributed by atoms with Gasteiger partial charge in [-0.15, -0.1) is 0 Å². The summed E-state index contributed by atoms with van der Waals surface area (Å²) in [5.74, 6) is 4.35. The van der Waals surface area contributed by atoms with Gasteiger partial charge >= 0.3 is 49.1 Å². The summed E-state index contributed by atoms with van der Waals surface area (Å²) in [6.07, 6.45) is 0. The van der Waals surface area contributed by atoms with Crippen LogP contribution in [0.5, 0.6) is 0 Å². The van der Waals surface area contributed by atoms with E-state index >= 15 is 0 Å². The Labute approximate surface area is 48.9 Å². The van der Waals surface area contributed by atoms with Crippen molar-refractivity contribution in [3.8, 4) is 0 Å². The van der Waals surface area contributed by atoms with Crippen LogP contribution in [-0.2, 0) is 0 Å². The normalized spacial score (nSPS) is 15.2. The topological polar surface area (TPSA) is 0 Å². The minimum absolute atomic E-state index is 1.12. The van der Waals surface area contributed by atoms with E-state index in [1.54, 1.807) is 0 Å². The Morgan fingerprint density at radius 1 is 1.20 bits per heavy atom. The van der Waals surface area contributed by atoms with Crippen molar-refractivity contribution < 1.29 is 0 Å². The molecular weight excluding hydrogens is 263 g/mol. The second-order valence-electron chi connectivity index (χ2n) is 1.08. The molecule has 5 heavy (non-hydrogen) atoms. The fourth-order valence-electron chi connectivity index (χ4n) is 0. The van der Waals surface area contributed by atoms with E-state index in [0.29, 0.717) is 0 Å². The van der Waals surface area contributed by atoms with Gasteiger partial charge in [0.25, 0.3) is 0 Å². The molecule has 0 N–H and O–H groups in total. The zero-order chi connectivity index (χ0) is 4.50. The molecular formula is C2H6Br2Se. The molecule has 0 aromatic carbocycles. The molecule has 0 aromatic rings. The molecule has 0 amide bonds. The molecule has 0 atom stereocenters. The molecule has 0 saturated heterocycles. The molecule has 0 aliphatic rings. The van der Waals surface area contributed by atoms with Crippen molar-refractivity contribution >= 4 is 37.4 Å². The Kier molecular flexibility index (Phi) is 2.55. The van der Waals surface area contributed by atoms with Crippen molar-refractivity contribution in [2.75, 3.05) is 0 Å². The number of rotatable bonds is 0. The van der Waals surface area contributed by atoms with Crippen LogP contribution in [0.25, 0.3) is 0 Å². The summed E-state index contributed by atoms with van der Waals surface area (Å²) < 4.78 is 0. The van der Waals surface area contributed by atoms with E-state index in [-0.39, 0.29) is 0 Å². The van der Waals surface area contributed by atoms with E-state index in [2.05, 4.69) is 39.9 Å². The third-order valence-corrected chi connectivity index (χ3v) is 0. The maximum absolute atomic E-state index is 3.45. The molecule has 0 nitrogen and oxygen atoms in total. The molecule has 0 heterocycles. The van der Waals surface area contributed by atoms with Crippen LogP contribution < -0.4 is 0 Å². The molecule has 0 rings (SSSR count). The SMILES string of the molecule is C[Se](C)(Br)Br. The molecule has 0 aliphatic carbocycles. The Morgan fingerprint density at radius 3 is 1.20 bits per heavy atom. The average Bonchev–Trinajstić information content (AvgIpc) is 0.722. The standard InChI is InChI=1S/C2H6Br2Se/c1-5(2,3)4/h1-2H3. The van der Waals surface area contributed by atoms with Gasteiger partial charge < -0.3 is 0 Å². The van der Waals surface area contributed by atoms with Crippen molar-refractivity contribution in [2.24, 2.45) is 0 Å². The quantitative estimate of drug-likeness (QED) is 0.592. The molecule has 0 fully saturated rings. The molecule has 0 bridgehead atoms. The van der Waals surface area contributed by atoms with E-state index in [4.69, 9.17) is 0 Å². The van der Waals surface area contributed by atoms with E-state index in [1.807, 2.05) is 0 Å². The van der Waals surface area contributed by atoms with Gasteiger partial charge in [-0.25, -0.2) is 0 Å². The first-order chi connectivity index (χ1) is 2.00. The van der Waals surface area contributed by atoms with E-state index in [9.17, 15) is 0 Å². The van der Waals surface area contributed by atoms with Gasteiger partial charge in [-0.2, -0.15) is 0 Å². The number of hydrogen-bond donors (Lipinski definition) is 0. The van der Waals surface area contributed by atoms with Gasteiger partial charge in [0.05, 0.1) is 0 Å². The van der Waals surface area contributed by atoms with Gasteiger partial charge in [0, 0.05) is 0 Å². The molecule has 0 aromatic heterocycles. The Hall–Kier alpha value is 1.48.